The highest BCUT2D eigenvalue weighted by Gasteiger charge is 2.33. The lowest BCUT2D eigenvalue weighted by Crippen LogP contribution is -2.30. The first-order chi connectivity index (χ1) is 9.23. The minimum absolute atomic E-state index is 0.00887. The molecule has 0 unspecified atom stereocenters. The van der Waals surface area contributed by atoms with Crippen molar-refractivity contribution in [2.75, 3.05) is 13.1 Å². The number of carbonyl (C=O) groups is 1. The van der Waals surface area contributed by atoms with Crippen LogP contribution in [0.5, 0.6) is 5.75 Å². The third-order valence-electron chi connectivity index (χ3n) is 3.27. The molecule has 3 N–H and O–H groups in total. The number of aliphatic hydroxyl groups excluding tert-OH is 1. The van der Waals surface area contributed by atoms with E-state index in [0.29, 0.717) is 6.42 Å². The van der Waals surface area contributed by atoms with Gasteiger partial charge in [0.15, 0.2) is 0 Å². The lowest BCUT2D eigenvalue weighted by molar-refractivity contribution is 0.0693. The quantitative estimate of drug-likeness (QED) is 0.732. The molecule has 1 heterocycles. The predicted octanol–water partition coefficient (Wildman–Crippen LogP) is 0.154. The molecule has 110 valence electrons. The first-order valence-electron chi connectivity index (χ1n) is 5.98. The summed E-state index contributed by atoms with van der Waals surface area (Å²) in [5.41, 5.74) is -0.206. The molecule has 1 aromatic rings. The molecule has 7 nitrogen and oxygen atoms in total. The van der Waals surface area contributed by atoms with Gasteiger partial charge in [0.1, 0.15) is 11.3 Å². The van der Waals surface area contributed by atoms with Crippen LogP contribution < -0.4 is 0 Å². The number of rotatable bonds is 3. The van der Waals surface area contributed by atoms with Crippen LogP contribution in [0.2, 0.25) is 0 Å². The Morgan fingerprint density at radius 3 is 2.55 bits per heavy atom. The number of carboxylic acids is 1. The number of carboxylic acid groups (broad SMARTS) is 1. The van der Waals surface area contributed by atoms with E-state index in [1.54, 1.807) is 0 Å². The minimum Gasteiger partial charge on any atom is -0.507 e. The highest BCUT2D eigenvalue weighted by molar-refractivity contribution is 7.89. The number of hydrogen-bond donors (Lipinski definition) is 3. The second kappa shape index (κ2) is 5.04. The molecule has 0 aliphatic carbocycles. The maximum Gasteiger partial charge on any atom is 0.339 e. The number of aromatic carboxylic acids is 1. The summed E-state index contributed by atoms with van der Waals surface area (Å²) in [4.78, 5) is 10.8. The molecule has 0 bridgehead atoms. The largest absolute Gasteiger partial charge is 0.507 e. The molecule has 1 atom stereocenters. The zero-order valence-corrected chi connectivity index (χ0v) is 11.6. The second-order valence-electron chi connectivity index (χ2n) is 4.75. The first kappa shape index (κ1) is 14.8. The Kier molecular flexibility index (Phi) is 3.72. The van der Waals surface area contributed by atoms with Gasteiger partial charge in [0.05, 0.1) is 11.0 Å². The molecule has 2 rings (SSSR count). The summed E-state index contributed by atoms with van der Waals surface area (Å²) in [6.07, 6.45) is -0.358. The Hall–Kier alpha value is -1.64. The number of sulfonamides is 1. The van der Waals surface area contributed by atoms with E-state index in [4.69, 9.17) is 5.11 Å². The second-order valence-corrected chi connectivity index (χ2v) is 6.65. The smallest absolute Gasteiger partial charge is 0.339 e. The monoisotopic (exact) mass is 301 g/mol. The number of nitrogens with zero attached hydrogens (tertiary/aromatic N) is 1. The van der Waals surface area contributed by atoms with Crippen molar-refractivity contribution in [3.8, 4) is 5.75 Å². The Morgan fingerprint density at radius 1 is 1.40 bits per heavy atom. The molecule has 0 radical (unpaired) electrons. The summed E-state index contributed by atoms with van der Waals surface area (Å²) < 4.78 is 26.0. The molecule has 0 amide bonds. The van der Waals surface area contributed by atoms with Crippen molar-refractivity contribution < 1.29 is 28.5 Å². The number of benzene rings is 1. The third kappa shape index (κ3) is 2.49. The van der Waals surface area contributed by atoms with Crippen LogP contribution in [0.15, 0.2) is 17.0 Å². The van der Waals surface area contributed by atoms with E-state index in [1.165, 1.54) is 6.92 Å². The summed E-state index contributed by atoms with van der Waals surface area (Å²) in [5, 5.41) is 27.9. The molecule has 1 fully saturated rings. The van der Waals surface area contributed by atoms with Gasteiger partial charge in [0.2, 0.25) is 10.0 Å². The molecule has 20 heavy (non-hydrogen) atoms. The van der Waals surface area contributed by atoms with E-state index in [9.17, 15) is 23.4 Å². The SMILES string of the molecule is Cc1cc(O)c(C(=O)O)cc1S(=O)(=O)N1CC[C@@H](O)C1. The molecule has 0 aromatic heterocycles. The topological polar surface area (TPSA) is 115 Å². The molecule has 1 aliphatic heterocycles. The van der Waals surface area contributed by atoms with Crippen molar-refractivity contribution in [1.82, 2.24) is 4.31 Å². The molecule has 8 heteroatoms. The Balaban J connectivity index is 2.51. The lowest BCUT2D eigenvalue weighted by atomic mass is 10.1. The number of β-amino-alcohol motifs (C(OH)–C–C–N with tert-alkyl or cyclic N) is 1. The number of aromatic hydroxyl groups is 1. The average Bonchev–Trinajstić information content (AvgIpc) is 2.75. The first-order valence-corrected chi connectivity index (χ1v) is 7.42. The zero-order valence-electron chi connectivity index (χ0n) is 10.8. The van der Waals surface area contributed by atoms with E-state index < -0.39 is 33.4 Å². The molecule has 1 aromatic carbocycles. The predicted molar refractivity (Wildman–Crippen MR) is 69.2 cm³/mol. The fraction of sp³-hybridized carbons (Fsp3) is 0.417. The fourth-order valence-electron chi connectivity index (χ4n) is 2.19. The summed E-state index contributed by atoms with van der Waals surface area (Å²) in [7, 11) is -3.88. The van der Waals surface area contributed by atoms with Gasteiger partial charge >= 0.3 is 5.97 Å². The van der Waals surface area contributed by atoms with Crippen LogP contribution in [0.4, 0.5) is 0 Å². The van der Waals surface area contributed by atoms with E-state index in [-0.39, 0.29) is 23.5 Å². The van der Waals surface area contributed by atoms with Crippen LogP contribution in [-0.2, 0) is 10.0 Å². The third-order valence-corrected chi connectivity index (χ3v) is 5.27. The molecule has 1 saturated heterocycles. The van der Waals surface area contributed by atoms with Crippen LogP contribution in [0.25, 0.3) is 0 Å². The van der Waals surface area contributed by atoms with Gasteiger partial charge in [-0.15, -0.1) is 0 Å². The fourth-order valence-corrected chi connectivity index (χ4v) is 3.91. The summed E-state index contributed by atoms with van der Waals surface area (Å²) in [6.45, 7) is 1.65. The van der Waals surface area contributed by atoms with Gasteiger partial charge in [0, 0.05) is 13.1 Å². The van der Waals surface area contributed by atoms with Crippen LogP contribution in [0.1, 0.15) is 22.3 Å². The minimum atomic E-state index is -3.88. The standard InChI is InChI=1S/C12H15NO6S/c1-7-4-10(15)9(12(16)17)5-11(7)20(18,19)13-3-2-8(14)6-13/h4-5,8,14-15H,2-3,6H2,1H3,(H,16,17)/t8-/m1/s1. The Labute approximate surface area is 116 Å². The van der Waals surface area contributed by atoms with Crippen molar-refractivity contribution in [2.45, 2.75) is 24.3 Å². The molecular formula is C12H15NO6S. The molecule has 0 saturated carbocycles. The summed E-state index contributed by atoms with van der Waals surface area (Å²) in [6, 6.07) is 2.07. The van der Waals surface area contributed by atoms with Crippen LogP contribution in [0, 0.1) is 6.92 Å². The lowest BCUT2D eigenvalue weighted by Gasteiger charge is -2.18. The van der Waals surface area contributed by atoms with Crippen molar-refractivity contribution in [2.24, 2.45) is 0 Å². The normalized spacial score (nSPS) is 20.2. The summed E-state index contributed by atoms with van der Waals surface area (Å²) in [5.74, 6) is -1.88. The van der Waals surface area contributed by atoms with Gasteiger partial charge in [-0.1, -0.05) is 0 Å². The van der Waals surface area contributed by atoms with Crippen LogP contribution in [0.3, 0.4) is 0 Å². The number of hydrogen-bond acceptors (Lipinski definition) is 5. The Bertz CT molecular complexity index is 654. The highest BCUT2D eigenvalue weighted by Crippen LogP contribution is 2.29. The van der Waals surface area contributed by atoms with Crippen molar-refractivity contribution >= 4 is 16.0 Å². The maximum atomic E-state index is 12.4. The zero-order chi connectivity index (χ0) is 15.1. The number of aryl methyl sites for hydroxylation is 1. The van der Waals surface area contributed by atoms with Gasteiger partial charge in [0.25, 0.3) is 0 Å². The van der Waals surface area contributed by atoms with Crippen LogP contribution >= 0.6 is 0 Å². The van der Waals surface area contributed by atoms with E-state index in [2.05, 4.69) is 0 Å². The molecule has 0 spiro atoms. The van der Waals surface area contributed by atoms with E-state index in [0.717, 1.165) is 16.4 Å². The molecule has 1 aliphatic rings. The number of phenols is 1. The van der Waals surface area contributed by atoms with Gasteiger partial charge in [-0.05, 0) is 31.0 Å². The highest BCUT2D eigenvalue weighted by atomic mass is 32.2. The van der Waals surface area contributed by atoms with Gasteiger partial charge in [-0.3, -0.25) is 0 Å². The van der Waals surface area contributed by atoms with E-state index >= 15 is 0 Å². The Morgan fingerprint density at radius 2 is 2.05 bits per heavy atom. The van der Waals surface area contributed by atoms with Crippen molar-refractivity contribution in [1.29, 1.82) is 0 Å². The molecular weight excluding hydrogens is 286 g/mol. The van der Waals surface area contributed by atoms with Crippen molar-refractivity contribution in [3.05, 3.63) is 23.3 Å². The van der Waals surface area contributed by atoms with Gasteiger partial charge in [-0.2, -0.15) is 4.31 Å². The average molecular weight is 301 g/mol. The maximum absolute atomic E-state index is 12.4. The number of aliphatic hydroxyl groups is 1. The summed E-state index contributed by atoms with van der Waals surface area (Å²) >= 11 is 0. The van der Waals surface area contributed by atoms with Crippen molar-refractivity contribution in [3.63, 3.8) is 0 Å². The van der Waals surface area contributed by atoms with Gasteiger partial charge < -0.3 is 15.3 Å². The van der Waals surface area contributed by atoms with Crippen LogP contribution in [-0.4, -0.2) is 53.2 Å². The van der Waals surface area contributed by atoms with E-state index in [1.807, 2.05) is 0 Å². The van der Waals surface area contributed by atoms with Gasteiger partial charge in [-0.25, -0.2) is 13.2 Å².